The first-order valence-electron chi connectivity index (χ1n) is 8.73. The van der Waals surface area contributed by atoms with E-state index in [-0.39, 0.29) is 17.1 Å². The lowest BCUT2D eigenvalue weighted by atomic mass is 10.0. The third-order valence-corrected chi connectivity index (χ3v) is 4.72. The van der Waals surface area contributed by atoms with Crippen LogP contribution in [0.25, 0.3) is 44.5 Å². The highest BCUT2D eigenvalue weighted by Crippen LogP contribution is 2.27. The average molecular weight is 384 g/mol. The number of hydrogen-bond donors (Lipinski definition) is 1. The van der Waals surface area contributed by atoms with E-state index in [1.165, 1.54) is 12.1 Å². The predicted octanol–water partition coefficient (Wildman–Crippen LogP) is 4.31. The molecule has 8 heteroatoms. The fraction of sp³-hybridized carbons (Fsp3) is 0. The summed E-state index contributed by atoms with van der Waals surface area (Å²) in [5.41, 5.74) is 0.793. The first kappa shape index (κ1) is 16.8. The van der Waals surface area contributed by atoms with Gasteiger partial charge in [0.1, 0.15) is 11.1 Å². The zero-order chi connectivity index (χ0) is 20.0. The molecule has 0 unspecified atom stereocenters. The number of aromatic amines is 1. The molecular formula is C21H12N4O4. The minimum absolute atomic E-state index is 0.0217. The lowest BCUT2D eigenvalue weighted by Crippen LogP contribution is -2.04. The molecule has 0 atom stereocenters. The van der Waals surface area contributed by atoms with Gasteiger partial charge >= 0.3 is 5.63 Å². The number of hydrogen-bond acceptors (Lipinski definition) is 6. The summed E-state index contributed by atoms with van der Waals surface area (Å²) in [4.78, 5) is 27.2. The van der Waals surface area contributed by atoms with Crippen LogP contribution in [-0.4, -0.2) is 20.1 Å². The van der Waals surface area contributed by atoms with Gasteiger partial charge in [0.2, 0.25) is 0 Å². The molecule has 29 heavy (non-hydrogen) atoms. The number of nitro benzene ring substituents is 1. The van der Waals surface area contributed by atoms with Gasteiger partial charge in [-0.2, -0.15) is 5.10 Å². The van der Waals surface area contributed by atoms with E-state index in [0.717, 1.165) is 16.2 Å². The summed E-state index contributed by atoms with van der Waals surface area (Å²) < 4.78 is 5.49. The second-order valence-corrected chi connectivity index (χ2v) is 6.46. The smallest absolute Gasteiger partial charge is 0.347 e. The fourth-order valence-corrected chi connectivity index (χ4v) is 3.28. The summed E-state index contributed by atoms with van der Waals surface area (Å²) in [5.74, 6) is 0.592. The number of nitro groups is 1. The largest absolute Gasteiger partial charge is 0.422 e. The van der Waals surface area contributed by atoms with Gasteiger partial charge in [-0.05, 0) is 35.0 Å². The van der Waals surface area contributed by atoms with Crippen molar-refractivity contribution < 1.29 is 9.34 Å². The molecule has 0 aliphatic heterocycles. The molecule has 0 fully saturated rings. The van der Waals surface area contributed by atoms with Gasteiger partial charge in [0.05, 0.1) is 4.92 Å². The number of non-ortho nitro benzene ring substituents is 1. The molecule has 2 aromatic heterocycles. The molecule has 0 bridgehead atoms. The summed E-state index contributed by atoms with van der Waals surface area (Å²) in [5, 5.41) is 20.5. The van der Waals surface area contributed by atoms with E-state index >= 15 is 0 Å². The zero-order valence-electron chi connectivity index (χ0n) is 14.8. The zero-order valence-corrected chi connectivity index (χ0v) is 14.8. The molecule has 140 valence electrons. The topological polar surface area (TPSA) is 115 Å². The van der Waals surface area contributed by atoms with Crippen LogP contribution >= 0.6 is 0 Å². The van der Waals surface area contributed by atoms with E-state index in [4.69, 9.17) is 4.42 Å². The monoisotopic (exact) mass is 384 g/mol. The number of nitrogens with zero attached hydrogens (tertiary/aromatic N) is 3. The lowest BCUT2D eigenvalue weighted by molar-refractivity contribution is -0.384. The Balaban J connectivity index is 1.62. The summed E-state index contributed by atoms with van der Waals surface area (Å²) in [7, 11) is 0. The van der Waals surface area contributed by atoms with Crippen LogP contribution in [0.5, 0.6) is 0 Å². The van der Waals surface area contributed by atoms with Crippen molar-refractivity contribution in [1.29, 1.82) is 0 Å². The van der Waals surface area contributed by atoms with Gasteiger partial charge in [-0.1, -0.05) is 30.3 Å². The van der Waals surface area contributed by atoms with Crippen LogP contribution in [0.2, 0.25) is 0 Å². The number of nitrogens with one attached hydrogen (secondary N) is 1. The van der Waals surface area contributed by atoms with Gasteiger partial charge in [-0.25, -0.2) is 9.78 Å². The fourth-order valence-electron chi connectivity index (χ4n) is 3.28. The molecule has 0 spiro atoms. The normalized spacial score (nSPS) is 11.2. The van der Waals surface area contributed by atoms with Crippen LogP contribution in [0.4, 0.5) is 5.69 Å². The number of rotatable bonds is 3. The van der Waals surface area contributed by atoms with Crippen LogP contribution in [0.1, 0.15) is 0 Å². The molecule has 3 aromatic carbocycles. The van der Waals surface area contributed by atoms with Gasteiger partial charge in [-0.15, -0.1) is 0 Å². The Kier molecular flexibility index (Phi) is 3.70. The second kappa shape index (κ2) is 6.38. The van der Waals surface area contributed by atoms with Crippen molar-refractivity contribution in [1.82, 2.24) is 15.2 Å². The third-order valence-electron chi connectivity index (χ3n) is 4.72. The summed E-state index contributed by atoms with van der Waals surface area (Å²) >= 11 is 0. The first-order valence-corrected chi connectivity index (χ1v) is 8.73. The summed E-state index contributed by atoms with van der Waals surface area (Å²) in [6.45, 7) is 0. The van der Waals surface area contributed by atoms with E-state index in [1.807, 2.05) is 30.3 Å². The Hall–Kier alpha value is -4.33. The highest BCUT2D eigenvalue weighted by atomic mass is 16.6. The number of benzene rings is 3. The minimum atomic E-state index is -0.529. The molecule has 0 aliphatic rings. The molecule has 0 saturated carbocycles. The third kappa shape index (κ3) is 2.83. The maximum absolute atomic E-state index is 12.5. The van der Waals surface area contributed by atoms with Crippen LogP contribution in [0.3, 0.4) is 0 Å². The van der Waals surface area contributed by atoms with Crippen molar-refractivity contribution in [2.45, 2.75) is 0 Å². The van der Waals surface area contributed by atoms with E-state index < -0.39 is 10.5 Å². The molecule has 2 heterocycles. The Morgan fingerprint density at radius 3 is 2.55 bits per heavy atom. The van der Waals surface area contributed by atoms with Crippen molar-refractivity contribution in [3.8, 4) is 22.8 Å². The van der Waals surface area contributed by atoms with Gasteiger partial charge in [0, 0.05) is 23.1 Å². The SMILES string of the molecule is O=c1oc2ccc3ccccc3c2cc1-c1nc(-c2ccc([N+](=O)[O-])cc2)n[nH]1. The Morgan fingerprint density at radius 2 is 1.76 bits per heavy atom. The molecule has 0 aliphatic carbocycles. The van der Waals surface area contributed by atoms with Gasteiger partial charge in [0.15, 0.2) is 11.6 Å². The molecule has 0 saturated heterocycles. The molecule has 8 nitrogen and oxygen atoms in total. The highest BCUT2D eigenvalue weighted by Gasteiger charge is 2.15. The van der Waals surface area contributed by atoms with E-state index in [1.54, 1.807) is 24.3 Å². The number of aromatic nitrogens is 3. The molecule has 1 N–H and O–H groups in total. The van der Waals surface area contributed by atoms with Gasteiger partial charge in [0.25, 0.3) is 5.69 Å². The van der Waals surface area contributed by atoms with Crippen molar-refractivity contribution in [2.24, 2.45) is 0 Å². The number of fused-ring (bicyclic) bond motifs is 3. The van der Waals surface area contributed by atoms with Crippen molar-refractivity contribution in [3.05, 3.63) is 87.3 Å². The van der Waals surface area contributed by atoms with E-state index in [2.05, 4.69) is 15.2 Å². The van der Waals surface area contributed by atoms with Crippen LogP contribution in [0.15, 0.2) is 75.9 Å². The standard InChI is InChI=1S/C21H12N4O4/c26-21-17(11-16-15-4-2-1-3-12(15)7-10-18(16)29-21)20-22-19(23-24-20)13-5-8-14(9-6-13)25(27)28/h1-11H,(H,22,23,24). The van der Waals surface area contributed by atoms with Crippen molar-refractivity contribution in [3.63, 3.8) is 0 Å². The molecule has 5 rings (SSSR count). The maximum Gasteiger partial charge on any atom is 0.347 e. The quantitative estimate of drug-likeness (QED) is 0.215. The Morgan fingerprint density at radius 1 is 0.966 bits per heavy atom. The van der Waals surface area contributed by atoms with Gasteiger partial charge < -0.3 is 4.42 Å². The Labute approximate surface area is 162 Å². The van der Waals surface area contributed by atoms with Crippen LogP contribution in [0, 0.1) is 10.1 Å². The number of H-pyrrole nitrogens is 1. The Bertz CT molecular complexity index is 1450. The summed E-state index contributed by atoms with van der Waals surface area (Å²) in [6, 6.07) is 19.1. The summed E-state index contributed by atoms with van der Waals surface area (Å²) in [6.07, 6.45) is 0. The van der Waals surface area contributed by atoms with E-state index in [0.29, 0.717) is 17.0 Å². The van der Waals surface area contributed by atoms with E-state index in [9.17, 15) is 14.9 Å². The molecule has 5 aromatic rings. The van der Waals surface area contributed by atoms with Crippen LogP contribution < -0.4 is 5.63 Å². The van der Waals surface area contributed by atoms with Crippen molar-refractivity contribution in [2.75, 3.05) is 0 Å². The molecular weight excluding hydrogens is 372 g/mol. The maximum atomic E-state index is 12.5. The second-order valence-electron chi connectivity index (χ2n) is 6.46. The van der Waals surface area contributed by atoms with Gasteiger partial charge in [-0.3, -0.25) is 15.2 Å². The first-order chi connectivity index (χ1) is 14.1. The predicted molar refractivity (Wildman–Crippen MR) is 107 cm³/mol. The highest BCUT2D eigenvalue weighted by molar-refractivity contribution is 6.06. The molecule has 0 amide bonds. The molecule has 0 radical (unpaired) electrons. The lowest BCUT2D eigenvalue weighted by Gasteiger charge is -2.04. The minimum Gasteiger partial charge on any atom is -0.422 e. The van der Waals surface area contributed by atoms with Crippen molar-refractivity contribution >= 4 is 27.4 Å². The van der Waals surface area contributed by atoms with Crippen LogP contribution in [-0.2, 0) is 0 Å². The average Bonchev–Trinajstić information content (AvgIpc) is 3.23.